The third-order valence-electron chi connectivity index (χ3n) is 3.84. The summed E-state index contributed by atoms with van der Waals surface area (Å²) < 4.78 is 6.76. The number of hydrogen-bond donors (Lipinski definition) is 1. The molecule has 0 fully saturated rings. The number of hydrogen-bond acceptors (Lipinski definition) is 4. The number of esters is 1. The van der Waals surface area contributed by atoms with E-state index in [-0.39, 0.29) is 12.5 Å². The fourth-order valence-electron chi connectivity index (χ4n) is 2.71. The van der Waals surface area contributed by atoms with Crippen LogP contribution in [0.3, 0.4) is 0 Å². The molecule has 2 aromatic rings. The summed E-state index contributed by atoms with van der Waals surface area (Å²) >= 11 is 0. The van der Waals surface area contributed by atoms with Crippen molar-refractivity contribution in [2.45, 2.75) is 18.8 Å². The number of methoxy groups -OCH3 is 1. The minimum Gasteiger partial charge on any atom is -0.468 e. The topological polar surface area (TPSA) is 70.1 Å². The first-order valence-electron chi connectivity index (χ1n) is 6.86. The summed E-state index contributed by atoms with van der Waals surface area (Å²) in [6, 6.07) is 9.65. The van der Waals surface area contributed by atoms with Gasteiger partial charge in [0.2, 0.25) is 0 Å². The van der Waals surface area contributed by atoms with Crippen LogP contribution in [0.15, 0.2) is 36.5 Å². The van der Waals surface area contributed by atoms with Gasteiger partial charge in [0.15, 0.2) is 0 Å². The Morgan fingerprint density at radius 3 is 2.62 bits per heavy atom. The molecule has 5 nitrogen and oxygen atoms in total. The zero-order valence-corrected chi connectivity index (χ0v) is 12.7. The largest absolute Gasteiger partial charge is 0.468 e. The second-order valence-electron chi connectivity index (χ2n) is 5.25. The van der Waals surface area contributed by atoms with Gasteiger partial charge in [-0.05, 0) is 24.1 Å². The lowest BCUT2D eigenvalue weighted by Crippen LogP contribution is -2.46. The molecular formula is C16H21N3O2. The van der Waals surface area contributed by atoms with Crippen LogP contribution in [0.4, 0.5) is 0 Å². The minimum atomic E-state index is -0.908. The number of nitrogens with two attached hydrogens (primary N) is 1. The van der Waals surface area contributed by atoms with Gasteiger partial charge >= 0.3 is 5.97 Å². The Morgan fingerprint density at radius 1 is 1.38 bits per heavy atom. The molecule has 0 radical (unpaired) electrons. The summed E-state index contributed by atoms with van der Waals surface area (Å²) in [6.45, 7) is 2.14. The van der Waals surface area contributed by atoms with Gasteiger partial charge in [0, 0.05) is 26.2 Å². The number of rotatable bonds is 5. The fraction of sp³-hybridized carbons (Fsp3) is 0.375. The van der Waals surface area contributed by atoms with Crippen molar-refractivity contribution in [3.63, 3.8) is 0 Å². The lowest BCUT2D eigenvalue weighted by Gasteiger charge is -2.31. The maximum Gasteiger partial charge on any atom is 0.318 e. The molecule has 0 saturated heterocycles. The van der Waals surface area contributed by atoms with E-state index in [1.807, 2.05) is 50.5 Å². The molecule has 0 saturated carbocycles. The maximum absolute atomic E-state index is 12.5. The van der Waals surface area contributed by atoms with Gasteiger partial charge in [0.1, 0.15) is 5.41 Å². The number of carbonyl (C=O) groups is 1. The molecule has 2 N–H and O–H groups in total. The highest BCUT2D eigenvalue weighted by Crippen LogP contribution is 2.31. The molecule has 1 aromatic heterocycles. The maximum atomic E-state index is 12.5. The van der Waals surface area contributed by atoms with E-state index < -0.39 is 5.41 Å². The average molecular weight is 287 g/mol. The Labute approximate surface area is 124 Å². The highest BCUT2D eigenvalue weighted by atomic mass is 16.5. The monoisotopic (exact) mass is 287 g/mol. The van der Waals surface area contributed by atoms with Crippen molar-refractivity contribution in [2.24, 2.45) is 12.8 Å². The second kappa shape index (κ2) is 6.10. The van der Waals surface area contributed by atoms with E-state index in [0.717, 1.165) is 16.8 Å². The lowest BCUT2D eigenvalue weighted by atomic mass is 9.75. The zero-order chi connectivity index (χ0) is 15.5. The predicted octanol–water partition coefficient (Wildman–Crippen LogP) is 1.34. The first kappa shape index (κ1) is 15.3. The lowest BCUT2D eigenvalue weighted by molar-refractivity contribution is -0.147. The molecule has 0 aliphatic carbocycles. The van der Waals surface area contributed by atoms with Gasteiger partial charge in [0.05, 0.1) is 12.8 Å². The van der Waals surface area contributed by atoms with Crippen molar-refractivity contribution < 1.29 is 9.53 Å². The highest BCUT2D eigenvalue weighted by Gasteiger charge is 2.42. The number of benzene rings is 1. The summed E-state index contributed by atoms with van der Waals surface area (Å²) in [7, 11) is 3.24. The predicted molar refractivity (Wildman–Crippen MR) is 80.8 cm³/mol. The van der Waals surface area contributed by atoms with Crippen LogP contribution in [0.25, 0.3) is 0 Å². The van der Waals surface area contributed by atoms with Crippen molar-refractivity contribution in [3.8, 4) is 0 Å². The van der Waals surface area contributed by atoms with Crippen LogP contribution in [-0.4, -0.2) is 29.4 Å². The molecule has 21 heavy (non-hydrogen) atoms. The fourth-order valence-corrected chi connectivity index (χ4v) is 2.71. The first-order valence-corrected chi connectivity index (χ1v) is 6.86. The summed E-state index contributed by atoms with van der Waals surface area (Å²) in [5.41, 5.74) is 7.82. The van der Waals surface area contributed by atoms with Crippen LogP contribution >= 0.6 is 0 Å². The van der Waals surface area contributed by atoms with Gasteiger partial charge in [-0.3, -0.25) is 9.48 Å². The first-order chi connectivity index (χ1) is 10.0. The van der Waals surface area contributed by atoms with E-state index in [4.69, 9.17) is 10.5 Å². The minimum absolute atomic E-state index is 0.168. The second-order valence-corrected chi connectivity index (χ2v) is 5.25. The molecule has 1 atom stereocenters. The standard InChI is InChI=1S/C16H21N3O2/c1-12-6-4-5-7-14(12)16(11-17,15(20)21-3)10-13-8-9-19(2)18-13/h4-9H,10-11,17H2,1-3H3. The van der Waals surface area contributed by atoms with Crippen molar-refractivity contribution in [1.82, 2.24) is 9.78 Å². The molecule has 1 aromatic carbocycles. The van der Waals surface area contributed by atoms with Gasteiger partial charge < -0.3 is 10.5 Å². The van der Waals surface area contributed by atoms with Crippen LogP contribution in [0.1, 0.15) is 16.8 Å². The average Bonchev–Trinajstić information content (AvgIpc) is 2.90. The molecule has 0 aliphatic heterocycles. The smallest absolute Gasteiger partial charge is 0.318 e. The molecule has 112 valence electrons. The van der Waals surface area contributed by atoms with Gasteiger partial charge in [-0.15, -0.1) is 0 Å². The number of carbonyl (C=O) groups excluding carboxylic acids is 1. The van der Waals surface area contributed by atoms with E-state index in [1.165, 1.54) is 7.11 Å². The van der Waals surface area contributed by atoms with Crippen molar-refractivity contribution >= 4 is 5.97 Å². The third-order valence-corrected chi connectivity index (χ3v) is 3.84. The van der Waals surface area contributed by atoms with Crippen molar-refractivity contribution in [1.29, 1.82) is 0 Å². The Kier molecular flexibility index (Phi) is 4.43. The van der Waals surface area contributed by atoms with Crippen LogP contribution in [0.5, 0.6) is 0 Å². The Balaban J connectivity index is 2.53. The summed E-state index contributed by atoms with van der Waals surface area (Å²) in [4.78, 5) is 12.5. The number of ether oxygens (including phenoxy) is 1. The third kappa shape index (κ3) is 2.83. The summed E-state index contributed by atoms with van der Waals surface area (Å²) in [5.74, 6) is -0.329. The Hall–Kier alpha value is -2.14. The van der Waals surface area contributed by atoms with Crippen LogP contribution < -0.4 is 5.73 Å². The number of aromatic nitrogens is 2. The van der Waals surface area contributed by atoms with E-state index in [0.29, 0.717) is 6.42 Å². The van der Waals surface area contributed by atoms with Crippen LogP contribution in [0, 0.1) is 6.92 Å². The van der Waals surface area contributed by atoms with Gasteiger partial charge in [-0.25, -0.2) is 0 Å². The zero-order valence-electron chi connectivity index (χ0n) is 12.7. The number of aryl methyl sites for hydroxylation is 2. The Bertz CT molecular complexity index is 636. The van der Waals surface area contributed by atoms with Gasteiger partial charge in [-0.2, -0.15) is 5.10 Å². The molecule has 0 aliphatic rings. The quantitative estimate of drug-likeness (QED) is 0.843. The van der Waals surface area contributed by atoms with Gasteiger partial charge in [0.25, 0.3) is 0 Å². The van der Waals surface area contributed by atoms with Crippen molar-refractivity contribution in [3.05, 3.63) is 53.3 Å². The van der Waals surface area contributed by atoms with E-state index in [2.05, 4.69) is 5.10 Å². The molecule has 0 bridgehead atoms. The molecular weight excluding hydrogens is 266 g/mol. The SMILES string of the molecule is COC(=O)C(CN)(Cc1ccn(C)n1)c1ccccc1C. The Morgan fingerprint density at radius 2 is 2.10 bits per heavy atom. The van der Waals surface area contributed by atoms with Crippen LogP contribution in [0.2, 0.25) is 0 Å². The molecule has 1 unspecified atom stereocenters. The molecule has 5 heteroatoms. The molecule has 1 heterocycles. The highest BCUT2D eigenvalue weighted by molar-refractivity contribution is 5.84. The van der Waals surface area contributed by atoms with Crippen LogP contribution in [-0.2, 0) is 28.4 Å². The molecule has 0 spiro atoms. The normalized spacial score (nSPS) is 13.7. The van der Waals surface area contributed by atoms with E-state index in [1.54, 1.807) is 4.68 Å². The molecule has 2 rings (SSSR count). The molecule has 0 amide bonds. The van der Waals surface area contributed by atoms with Gasteiger partial charge in [-0.1, -0.05) is 24.3 Å². The summed E-state index contributed by atoms with van der Waals surface area (Å²) in [5, 5.41) is 4.37. The number of nitrogens with zero attached hydrogens (tertiary/aromatic N) is 2. The van der Waals surface area contributed by atoms with E-state index in [9.17, 15) is 4.79 Å². The van der Waals surface area contributed by atoms with Crippen molar-refractivity contribution in [2.75, 3.05) is 13.7 Å². The van der Waals surface area contributed by atoms with E-state index >= 15 is 0 Å². The summed E-state index contributed by atoms with van der Waals surface area (Å²) in [6.07, 6.45) is 2.27.